The zero-order valence-electron chi connectivity index (χ0n) is 13.0. The predicted octanol–water partition coefficient (Wildman–Crippen LogP) is 1.31. The summed E-state index contributed by atoms with van der Waals surface area (Å²) in [7, 11) is 0. The molecular weight excluding hydrogens is 304 g/mol. The van der Waals surface area contributed by atoms with Crippen molar-refractivity contribution in [3.63, 3.8) is 0 Å². The lowest BCUT2D eigenvalue weighted by Crippen LogP contribution is -2.70. The van der Waals surface area contributed by atoms with Crippen molar-refractivity contribution >= 4 is 17.6 Å². The number of fused-ring (bicyclic) bond motifs is 1. The van der Waals surface area contributed by atoms with Crippen molar-refractivity contribution in [2.24, 2.45) is 5.92 Å². The Hall–Kier alpha value is -1.25. The molecule has 1 aromatic rings. The molecule has 7 nitrogen and oxygen atoms in total. The van der Waals surface area contributed by atoms with E-state index >= 15 is 0 Å². The minimum Gasteiger partial charge on any atom is -0.444 e. The molecule has 22 heavy (non-hydrogen) atoms. The van der Waals surface area contributed by atoms with Crippen LogP contribution in [0, 0.1) is 5.92 Å². The fourth-order valence-corrected chi connectivity index (χ4v) is 3.53. The molecule has 1 aromatic heterocycles. The molecular formula is C14H22N4O3S. The molecule has 2 heterocycles. The van der Waals surface area contributed by atoms with Gasteiger partial charge in [-0.1, -0.05) is 4.49 Å². The van der Waals surface area contributed by atoms with Crippen LogP contribution < -0.4 is 10.6 Å². The topological polar surface area (TPSA) is 85.4 Å². The summed E-state index contributed by atoms with van der Waals surface area (Å²) < 4.78 is 15.0. The van der Waals surface area contributed by atoms with E-state index in [9.17, 15) is 4.79 Å². The lowest BCUT2D eigenvalue weighted by Gasteiger charge is -2.48. The molecule has 4 unspecified atom stereocenters. The standard InChI is InChI=1S/C14H22N4O3S/c1-14(2,3)21-13(19)16-10-9-4-5-20-12(9)11(10)15-6-8-7-22-18-17-8/h7,9-12,15H,4-6H2,1-3H3,(H,16,19). The molecule has 0 bridgehead atoms. The maximum Gasteiger partial charge on any atom is 0.407 e. The van der Waals surface area contributed by atoms with Gasteiger partial charge in [0, 0.05) is 24.4 Å². The van der Waals surface area contributed by atoms with E-state index in [2.05, 4.69) is 20.2 Å². The number of hydrogen-bond donors (Lipinski definition) is 2. The van der Waals surface area contributed by atoms with Gasteiger partial charge in [-0.15, -0.1) is 5.10 Å². The van der Waals surface area contributed by atoms with E-state index in [1.807, 2.05) is 26.2 Å². The van der Waals surface area contributed by atoms with Crippen LogP contribution in [-0.4, -0.2) is 46.1 Å². The van der Waals surface area contributed by atoms with Crippen LogP contribution in [-0.2, 0) is 16.0 Å². The smallest absolute Gasteiger partial charge is 0.407 e. The largest absolute Gasteiger partial charge is 0.444 e. The molecule has 4 atom stereocenters. The molecule has 2 N–H and O–H groups in total. The van der Waals surface area contributed by atoms with E-state index in [1.165, 1.54) is 11.5 Å². The fourth-order valence-electron chi connectivity index (χ4n) is 3.07. The highest BCUT2D eigenvalue weighted by molar-refractivity contribution is 7.03. The fraction of sp³-hybridized carbons (Fsp3) is 0.786. The Morgan fingerprint density at radius 1 is 1.50 bits per heavy atom. The average molecular weight is 326 g/mol. The minimum absolute atomic E-state index is 0.0361. The summed E-state index contributed by atoms with van der Waals surface area (Å²) in [6.07, 6.45) is 0.762. The summed E-state index contributed by atoms with van der Waals surface area (Å²) in [6.45, 7) is 6.96. The van der Waals surface area contributed by atoms with Crippen molar-refractivity contribution in [2.45, 2.75) is 57.5 Å². The van der Waals surface area contributed by atoms with Crippen LogP contribution in [0.5, 0.6) is 0 Å². The van der Waals surface area contributed by atoms with Crippen molar-refractivity contribution in [3.05, 3.63) is 11.1 Å². The van der Waals surface area contributed by atoms with Gasteiger partial charge in [-0.25, -0.2) is 4.79 Å². The SMILES string of the molecule is CC(C)(C)OC(=O)NC1C2CCOC2C1NCc1csnn1. The van der Waals surface area contributed by atoms with Crippen LogP contribution in [0.15, 0.2) is 5.38 Å². The van der Waals surface area contributed by atoms with Crippen molar-refractivity contribution in [1.29, 1.82) is 0 Å². The number of aromatic nitrogens is 2. The monoisotopic (exact) mass is 326 g/mol. The van der Waals surface area contributed by atoms with E-state index in [4.69, 9.17) is 9.47 Å². The number of nitrogens with zero attached hydrogens (tertiary/aromatic N) is 2. The van der Waals surface area contributed by atoms with Gasteiger partial charge in [0.05, 0.1) is 23.9 Å². The van der Waals surface area contributed by atoms with Gasteiger partial charge in [0.1, 0.15) is 5.60 Å². The highest BCUT2D eigenvalue weighted by Crippen LogP contribution is 2.39. The van der Waals surface area contributed by atoms with E-state index < -0.39 is 5.60 Å². The summed E-state index contributed by atoms with van der Waals surface area (Å²) in [5, 5.41) is 12.3. The molecule has 1 saturated carbocycles. The number of amides is 1. The Labute approximate surface area is 133 Å². The lowest BCUT2D eigenvalue weighted by atomic mass is 9.71. The molecule has 0 spiro atoms. The molecule has 8 heteroatoms. The molecule has 1 aliphatic carbocycles. The number of carbonyl (C=O) groups excluding carboxylic acids is 1. The minimum atomic E-state index is -0.491. The van der Waals surface area contributed by atoms with Crippen LogP contribution in [0.25, 0.3) is 0 Å². The first kappa shape index (κ1) is 15.6. The summed E-state index contributed by atoms with van der Waals surface area (Å²) >= 11 is 1.33. The van der Waals surface area contributed by atoms with Gasteiger partial charge in [0.25, 0.3) is 0 Å². The first-order valence-corrected chi connectivity index (χ1v) is 8.38. The van der Waals surface area contributed by atoms with E-state index in [-0.39, 0.29) is 24.3 Å². The van der Waals surface area contributed by atoms with Crippen LogP contribution in [0.4, 0.5) is 4.79 Å². The molecule has 3 rings (SSSR count). The third-order valence-corrected chi connectivity index (χ3v) is 4.55. The maximum atomic E-state index is 12.0. The van der Waals surface area contributed by atoms with Gasteiger partial charge in [0.2, 0.25) is 0 Å². The molecule has 1 aliphatic heterocycles. The zero-order chi connectivity index (χ0) is 15.7. The molecule has 2 fully saturated rings. The Kier molecular flexibility index (Phi) is 4.33. The van der Waals surface area contributed by atoms with E-state index in [1.54, 1.807) is 0 Å². The normalized spacial score (nSPS) is 30.5. The molecule has 2 aliphatic rings. The molecule has 122 valence electrons. The third-order valence-electron chi connectivity index (χ3n) is 3.99. The van der Waals surface area contributed by atoms with Crippen molar-refractivity contribution in [1.82, 2.24) is 20.2 Å². The first-order chi connectivity index (χ1) is 10.4. The number of ether oxygens (including phenoxy) is 2. The first-order valence-electron chi connectivity index (χ1n) is 7.54. The molecule has 0 aromatic carbocycles. The Morgan fingerprint density at radius 2 is 2.32 bits per heavy atom. The Balaban J connectivity index is 1.57. The van der Waals surface area contributed by atoms with Crippen molar-refractivity contribution < 1.29 is 14.3 Å². The summed E-state index contributed by atoms with van der Waals surface area (Å²) in [5.41, 5.74) is 0.414. The van der Waals surface area contributed by atoms with Crippen LogP contribution in [0.3, 0.4) is 0 Å². The summed E-state index contributed by atoms with van der Waals surface area (Å²) in [4.78, 5) is 12.0. The van der Waals surface area contributed by atoms with Gasteiger partial charge in [0.15, 0.2) is 0 Å². The van der Waals surface area contributed by atoms with Crippen molar-refractivity contribution in [2.75, 3.05) is 6.61 Å². The Morgan fingerprint density at radius 3 is 3.00 bits per heavy atom. The highest BCUT2D eigenvalue weighted by atomic mass is 32.1. The number of carbonyl (C=O) groups is 1. The predicted molar refractivity (Wildman–Crippen MR) is 81.5 cm³/mol. The van der Waals surface area contributed by atoms with Gasteiger partial charge in [-0.2, -0.15) is 0 Å². The summed E-state index contributed by atoms with van der Waals surface area (Å²) in [5.74, 6) is 0.360. The van der Waals surface area contributed by atoms with E-state index in [0.717, 1.165) is 18.7 Å². The second-order valence-corrected chi connectivity index (χ2v) is 7.37. The molecule has 0 radical (unpaired) electrons. The molecule has 1 amide bonds. The maximum absolute atomic E-state index is 12.0. The number of rotatable bonds is 4. The third kappa shape index (κ3) is 3.39. The number of alkyl carbamates (subject to hydrolysis) is 1. The second-order valence-electron chi connectivity index (χ2n) is 6.76. The average Bonchev–Trinajstić information content (AvgIpc) is 3.04. The zero-order valence-corrected chi connectivity index (χ0v) is 13.9. The van der Waals surface area contributed by atoms with Crippen LogP contribution >= 0.6 is 11.5 Å². The lowest BCUT2D eigenvalue weighted by molar-refractivity contribution is -0.0345. The van der Waals surface area contributed by atoms with Gasteiger partial charge >= 0.3 is 6.09 Å². The van der Waals surface area contributed by atoms with Gasteiger partial charge in [-0.3, -0.25) is 0 Å². The van der Waals surface area contributed by atoms with Gasteiger partial charge in [-0.05, 0) is 38.7 Å². The highest BCUT2D eigenvalue weighted by Gasteiger charge is 2.54. The van der Waals surface area contributed by atoms with Crippen molar-refractivity contribution in [3.8, 4) is 0 Å². The number of hydrogen-bond acceptors (Lipinski definition) is 7. The Bertz CT molecular complexity index is 517. The quantitative estimate of drug-likeness (QED) is 0.868. The number of nitrogens with one attached hydrogen (secondary N) is 2. The molecule has 1 saturated heterocycles. The second kappa shape index (κ2) is 6.10. The van der Waals surface area contributed by atoms with Crippen LogP contribution in [0.1, 0.15) is 32.9 Å². The van der Waals surface area contributed by atoms with Crippen LogP contribution in [0.2, 0.25) is 0 Å². The summed E-state index contributed by atoms with van der Waals surface area (Å²) in [6, 6.07) is 0.121. The van der Waals surface area contributed by atoms with E-state index in [0.29, 0.717) is 12.5 Å². The van der Waals surface area contributed by atoms with Gasteiger partial charge < -0.3 is 20.1 Å².